The normalized spacial score (nSPS) is 18.8. The first-order valence-electron chi connectivity index (χ1n) is 6.41. The molecule has 1 fully saturated rings. The molecule has 2 N–H and O–H groups in total. The van der Waals surface area contributed by atoms with Crippen molar-refractivity contribution in [3.8, 4) is 11.5 Å². The number of likely N-dealkylation sites (tertiary alicyclic amines) is 1. The zero-order chi connectivity index (χ0) is 13.8. The third-order valence-corrected chi connectivity index (χ3v) is 3.48. The Bertz CT molecular complexity index is 462. The van der Waals surface area contributed by atoms with Crippen molar-refractivity contribution in [1.82, 2.24) is 4.90 Å². The molecule has 1 aliphatic heterocycles. The van der Waals surface area contributed by atoms with E-state index in [1.165, 1.54) is 0 Å². The van der Waals surface area contributed by atoms with Gasteiger partial charge in [-0.15, -0.1) is 0 Å². The second-order valence-corrected chi connectivity index (χ2v) is 4.65. The third kappa shape index (κ3) is 2.98. The van der Waals surface area contributed by atoms with Crippen LogP contribution in [0.25, 0.3) is 0 Å². The van der Waals surface area contributed by atoms with Gasteiger partial charge in [0.1, 0.15) is 11.5 Å². The van der Waals surface area contributed by atoms with Crippen LogP contribution in [0.3, 0.4) is 0 Å². The van der Waals surface area contributed by atoms with E-state index in [1.807, 2.05) is 23.1 Å². The highest BCUT2D eigenvalue weighted by Gasteiger charge is 2.28. The number of nitrogens with two attached hydrogens (primary N) is 1. The first-order valence-corrected chi connectivity index (χ1v) is 6.41. The van der Waals surface area contributed by atoms with E-state index in [9.17, 15) is 4.79 Å². The van der Waals surface area contributed by atoms with E-state index in [2.05, 4.69) is 0 Å². The molecule has 1 aromatic carbocycles. The fourth-order valence-electron chi connectivity index (χ4n) is 2.32. The molecule has 0 spiro atoms. The van der Waals surface area contributed by atoms with Crippen LogP contribution >= 0.6 is 0 Å². The maximum atomic E-state index is 11.7. The highest BCUT2D eigenvalue weighted by atomic mass is 16.5. The predicted octanol–water partition coefficient (Wildman–Crippen LogP) is 0.806. The summed E-state index contributed by atoms with van der Waals surface area (Å²) in [7, 11) is 3.27. The van der Waals surface area contributed by atoms with Gasteiger partial charge in [-0.25, -0.2) is 0 Å². The quantitative estimate of drug-likeness (QED) is 0.854. The van der Waals surface area contributed by atoms with Gasteiger partial charge in [0.15, 0.2) is 0 Å². The minimum absolute atomic E-state index is 0.0434. The molecule has 5 heteroatoms. The Morgan fingerprint density at radius 3 is 2.74 bits per heavy atom. The monoisotopic (exact) mass is 264 g/mol. The lowest BCUT2D eigenvalue weighted by Gasteiger charge is -2.17. The van der Waals surface area contributed by atoms with Crippen LogP contribution in [0.2, 0.25) is 0 Å². The first kappa shape index (κ1) is 13.7. The minimum atomic E-state index is -0.327. The summed E-state index contributed by atoms with van der Waals surface area (Å²) in [6, 6.07) is 5.36. The molecule has 1 atom stereocenters. The minimum Gasteiger partial charge on any atom is -0.497 e. The highest BCUT2D eigenvalue weighted by Crippen LogP contribution is 2.25. The molecule has 2 rings (SSSR count). The van der Waals surface area contributed by atoms with Gasteiger partial charge < -0.3 is 20.1 Å². The van der Waals surface area contributed by atoms with Crippen LogP contribution in [-0.2, 0) is 11.2 Å². The smallest absolute Gasteiger partial charge is 0.239 e. The van der Waals surface area contributed by atoms with E-state index in [0.29, 0.717) is 6.54 Å². The van der Waals surface area contributed by atoms with Gasteiger partial charge in [-0.1, -0.05) is 0 Å². The summed E-state index contributed by atoms with van der Waals surface area (Å²) in [5, 5.41) is 0. The van der Waals surface area contributed by atoms with E-state index in [1.54, 1.807) is 14.2 Å². The van der Waals surface area contributed by atoms with E-state index in [0.717, 1.165) is 36.4 Å². The predicted molar refractivity (Wildman–Crippen MR) is 72.4 cm³/mol. The van der Waals surface area contributed by atoms with Crippen LogP contribution in [0, 0.1) is 0 Å². The summed E-state index contributed by atoms with van der Waals surface area (Å²) in [6.45, 7) is 1.41. The second-order valence-electron chi connectivity index (χ2n) is 4.65. The SMILES string of the molecule is COc1ccc(OC)c(CCN2CCC(N)C2=O)c1. The van der Waals surface area contributed by atoms with Gasteiger partial charge in [0.25, 0.3) is 0 Å². The van der Waals surface area contributed by atoms with Crippen LogP contribution in [0.4, 0.5) is 0 Å². The topological polar surface area (TPSA) is 64.8 Å². The lowest BCUT2D eigenvalue weighted by Crippen LogP contribution is -2.35. The molecular weight excluding hydrogens is 244 g/mol. The Labute approximate surface area is 113 Å². The molecule has 1 aliphatic rings. The van der Waals surface area contributed by atoms with Crippen molar-refractivity contribution in [3.05, 3.63) is 23.8 Å². The molecule has 104 valence electrons. The Morgan fingerprint density at radius 2 is 2.16 bits per heavy atom. The number of amides is 1. The number of hydrogen-bond acceptors (Lipinski definition) is 4. The molecule has 1 aromatic rings. The number of rotatable bonds is 5. The summed E-state index contributed by atoms with van der Waals surface area (Å²) in [4.78, 5) is 13.6. The lowest BCUT2D eigenvalue weighted by atomic mass is 10.1. The Hall–Kier alpha value is -1.75. The van der Waals surface area contributed by atoms with Gasteiger partial charge in [-0.3, -0.25) is 4.79 Å². The van der Waals surface area contributed by atoms with Gasteiger partial charge in [-0.05, 0) is 36.6 Å². The van der Waals surface area contributed by atoms with Crippen molar-refractivity contribution in [3.63, 3.8) is 0 Å². The Balaban J connectivity index is 2.04. The van der Waals surface area contributed by atoms with Crippen molar-refractivity contribution >= 4 is 5.91 Å². The fraction of sp³-hybridized carbons (Fsp3) is 0.500. The van der Waals surface area contributed by atoms with Crippen molar-refractivity contribution in [2.75, 3.05) is 27.3 Å². The largest absolute Gasteiger partial charge is 0.497 e. The second kappa shape index (κ2) is 5.93. The molecule has 1 amide bonds. The molecule has 1 heterocycles. The number of methoxy groups -OCH3 is 2. The van der Waals surface area contributed by atoms with Gasteiger partial charge >= 0.3 is 0 Å². The van der Waals surface area contributed by atoms with Gasteiger partial charge in [0, 0.05) is 13.1 Å². The fourth-order valence-corrected chi connectivity index (χ4v) is 2.32. The maximum Gasteiger partial charge on any atom is 0.239 e. The molecular formula is C14H20N2O3. The standard InChI is InChI=1S/C14H20N2O3/c1-18-11-3-4-13(19-2)10(9-11)5-7-16-8-6-12(15)14(16)17/h3-4,9,12H,5-8,15H2,1-2H3. The number of carbonyl (C=O) groups is 1. The Kier molecular flexibility index (Phi) is 4.27. The van der Waals surface area contributed by atoms with E-state index >= 15 is 0 Å². The van der Waals surface area contributed by atoms with Crippen molar-refractivity contribution in [2.24, 2.45) is 5.73 Å². The zero-order valence-corrected chi connectivity index (χ0v) is 11.4. The van der Waals surface area contributed by atoms with Crippen LogP contribution in [-0.4, -0.2) is 44.2 Å². The third-order valence-electron chi connectivity index (χ3n) is 3.48. The summed E-state index contributed by atoms with van der Waals surface area (Å²) in [5.74, 6) is 1.65. The van der Waals surface area contributed by atoms with Gasteiger partial charge in [-0.2, -0.15) is 0 Å². The van der Waals surface area contributed by atoms with Crippen LogP contribution in [0.1, 0.15) is 12.0 Å². The van der Waals surface area contributed by atoms with Crippen molar-refractivity contribution in [2.45, 2.75) is 18.9 Å². The van der Waals surface area contributed by atoms with E-state index in [-0.39, 0.29) is 11.9 Å². The molecule has 0 saturated carbocycles. The molecule has 5 nitrogen and oxygen atoms in total. The molecule has 1 saturated heterocycles. The summed E-state index contributed by atoms with van der Waals surface area (Å²) >= 11 is 0. The number of nitrogens with zero attached hydrogens (tertiary/aromatic N) is 1. The number of hydrogen-bond donors (Lipinski definition) is 1. The first-order chi connectivity index (χ1) is 9.15. The average molecular weight is 264 g/mol. The van der Waals surface area contributed by atoms with E-state index in [4.69, 9.17) is 15.2 Å². The molecule has 1 unspecified atom stereocenters. The summed E-state index contributed by atoms with van der Waals surface area (Å²) in [6.07, 6.45) is 1.48. The Morgan fingerprint density at radius 1 is 1.37 bits per heavy atom. The van der Waals surface area contributed by atoms with Crippen LogP contribution < -0.4 is 15.2 Å². The molecule has 0 radical (unpaired) electrons. The van der Waals surface area contributed by atoms with Crippen LogP contribution in [0.15, 0.2) is 18.2 Å². The maximum absolute atomic E-state index is 11.7. The zero-order valence-electron chi connectivity index (χ0n) is 11.4. The highest BCUT2D eigenvalue weighted by molar-refractivity contribution is 5.83. The molecule has 19 heavy (non-hydrogen) atoms. The van der Waals surface area contributed by atoms with Gasteiger partial charge in [0.2, 0.25) is 5.91 Å². The van der Waals surface area contributed by atoms with Crippen LogP contribution in [0.5, 0.6) is 11.5 Å². The number of carbonyl (C=O) groups excluding carboxylic acids is 1. The molecule has 0 aromatic heterocycles. The molecule has 0 aliphatic carbocycles. The number of ether oxygens (including phenoxy) is 2. The summed E-state index contributed by atoms with van der Waals surface area (Å²) < 4.78 is 10.5. The molecule has 0 bridgehead atoms. The van der Waals surface area contributed by atoms with Crippen molar-refractivity contribution < 1.29 is 14.3 Å². The average Bonchev–Trinajstić information content (AvgIpc) is 2.76. The van der Waals surface area contributed by atoms with E-state index < -0.39 is 0 Å². The van der Waals surface area contributed by atoms with Crippen molar-refractivity contribution in [1.29, 1.82) is 0 Å². The number of benzene rings is 1. The van der Waals surface area contributed by atoms with Gasteiger partial charge in [0.05, 0.1) is 20.3 Å². The lowest BCUT2D eigenvalue weighted by molar-refractivity contribution is -0.128. The summed E-state index contributed by atoms with van der Waals surface area (Å²) in [5.41, 5.74) is 6.74.